The summed E-state index contributed by atoms with van der Waals surface area (Å²) in [6.07, 6.45) is 0. The second-order valence-corrected chi connectivity index (χ2v) is 7.09. The number of hydrogen-bond donors (Lipinski definition) is 1. The van der Waals surface area contributed by atoms with Gasteiger partial charge in [0, 0.05) is 5.02 Å². The van der Waals surface area contributed by atoms with Crippen molar-refractivity contribution in [2.24, 2.45) is 0 Å². The molecule has 7 heteroatoms. The predicted octanol–water partition coefficient (Wildman–Crippen LogP) is 3.09. The van der Waals surface area contributed by atoms with Crippen LogP contribution in [-0.2, 0) is 19.6 Å². The maximum Gasteiger partial charge on any atom is 0.335 e. The normalized spacial score (nSPS) is 12.4. The second-order valence-electron chi connectivity index (χ2n) is 4.94. The summed E-state index contributed by atoms with van der Waals surface area (Å²) < 4.78 is 32.3. The quantitative estimate of drug-likeness (QED) is 0.630. The van der Waals surface area contributed by atoms with Crippen LogP contribution in [0.1, 0.15) is 11.6 Å². The van der Waals surface area contributed by atoms with E-state index < -0.39 is 22.0 Å². The largest absolute Gasteiger partial charge is 0.466 e. The first-order chi connectivity index (χ1) is 11.3. The fourth-order valence-electron chi connectivity index (χ4n) is 2.07. The average Bonchev–Trinajstić information content (AvgIpc) is 2.59. The first kappa shape index (κ1) is 18.2. The monoisotopic (exact) mass is 365 g/mol. The van der Waals surface area contributed by atoms with Gasteiger partial charge in [-0.25, -0.2) is 13.2 Å². The molecule has 0 bridgehead atoms. The molecule has 0 aliphatic carbocycles. The molecule has 0 unspecified atom stereocenters. The molecule has 5 nitrogen and oxygen atoms in total. The Labute approximate surface area is 146 Å². The first-order valence-electron chi connectivity index (χ1n) is 6.95. The number of ether oxygens (including phenoxy) is 1. The van der Waals surface area contributed by atoms with Crippen LogP contribution in [0.3, 0.4) is 0 Å². The Balaban J connectivity index is 2.39. The number of benzene rings is 2. The summed E-state index contributed by atoms with van der Waals surface area (Å²) in [5, 5.41) is 0.424. The van der Waals surface area contributed by atoms with E-state index in [-0.39, 0.29) is 10.5 Å². The Morgan fingerprint density at radius 3 is 2.25 bits per heavy atom. The van der Waals surface area contributed by atoms with Crippen molar-refractivity contribution in [3.05, 3.63) is 77.3 Å². The van der Waals surface area contributed by atoms with Crippen molar-refractivity contribution in [1.29, 1.82) is 0 Å². The fraction of sp³-hybridized carbons (Fsp3) is 0.118. The Morgan fingerprint density at radius 1 is 1.12 bits per heavy atom. The van der Waals surface area contributed by atoms with Gasteiger partial charge in [0.15, 0.2) is 0 Å². The molecular formula is C17H16ClNO4S. The van der Waals surface area contributed by atoms with Crippen molar-refractivity contribution >= 4 is 27.6 Å². The molecule has 2 rings (SSSR count). The number of carbonyl (C=O) groups excluding carboxylic acids is 1. The third-order valence-corrected chi connectivity index (χ3v) is 5.02. The van der Waals surface area contributed by atoms with Crippen LogP contribution in [-0.4, -0.2) is 21.5 Å². The number of esters is 1. The highest BCUT2D eigenvalue weighted by Gasteiger charge is 2.27. The van der Waals surface area contributed by atoms with Gasteiger partial charge in [-0.05, 0) is 29.8 Å². The van der Waals surface area contributed by atoms with Crippen molar-refractivity contribution in [3.8, 4) is 0 Å². The highest BCUT2D eigenvalue weighted by atomic mass is 35.5. The number of carbonyl (C=O) groups is 1. The van der Waals surface area contributed by atoms with E-state index in [1.807, 2.05) is 0 Å². The van der Waals surface area contributed by atoms with E-state index in [0.29, 0.717) is 10.6 Å². The molecule has 0 radical (unpaired) electrons. The molecule has 0 spiro atoms. The molecule has 24 heavy (non-hydrogen) atoms. The number of rotatable bonds is 6. The zero-order valence-corrected chi connectivity index (χ0v) is 14.5. The minimum absolute atomic E-state index is 0.0127. The number of hydrogen-bond acceptors (Lipinski definition) is 4. The minimum Gasteiger partial charge on any atom is -0.466 e. The van der Waals surface area contributed by atoms with Crippen molar-refractivity contribution < 1.29 is 17.9 Å². The molecule has 0 aliphatic rings. The molecule has 2 aromatic rings. The summed E-state index contributed by atoms with van der Waals surface area (Å²) in [5.74, 6) is -0.692. The van der Waals surface area contributed by atoms with Gasteiger partial charge < -0.3 is 4.74 Å². The molecule has 0 amide bonds. The van der Waals surface area contributed by atoms with E-state index in [2.05, 4.69) is 16.0 Å². The van der Waals surface area contributed by atoms with Gasteiger partial charge >= 0.3 is 5.97 Å². The van der Waals surface area contributed by atoms with Crippen molar-refractivity contribution in [1.82, 2.24) is 4.72 Å². The Hall–Kier alpha value is -2.15. The third-order valence-electron chi connectivity index (χ3n) is 3.33. The van der Waals surface area contributed by atoms with Gasteiger partial charge in [0.25, 0.3) is 0 Å². The van der Waals surface area contributed by atoms with Crippen LogP contribution in [0.15, 0.2) is 71.6 Å². The topological polar surface area (TPSA) is 72.5 Å². The van der Waals surface area contributed by atoms with Crippen LogP contribution < -0.4 is 4.72 Å². The van der Waals surface area contributed by atoms with E-state index >= 15 is 0 Å². The van der Waals surface area contributed by atoms with Crippen molar-refractivity contribution in [2.75, 3.05) is 7.11 Å². The molecule has 0 fully saturated rings. The Bertz CT molecular complexity index is 833. The fourth-order valence-corrected chi connectivity index (χ4v) is 3.42. The molecule has 1 N–H and O–H groups in total. The van der Waals surface area contributed by atoms with Crippen LogP contribution in [0, 0.1) is 0 Å². The molecule has 0 heterocycles. The van der Waals surface area contributed by atoms with Crippen molar-refractivity contribution in [3.63, 3.8) is 0 Å². The van der Waals surface area contributed by atoms with Crippen molar-refractivity contribution in [2.45, 2.75) is 10.9 Å². The third kappa shape index (κ3) is 4.23. The maximum atomic E-state index is 12.6. The van der Waals surface area contributed by atoms with Crippen LogP contribution in [0.5, 0.6) is 0 Å². The molecule has 0 aromatic heterocycles. The standard InChI is InChI=1S/C17H16ClNO4S/c1-12(17(20)23-2)16(13-6-4-3-5-7-13)19-24(21,22)15-10-8-14(18)9-11-15/h3-11,16,19H,1H2,2H3/t16-/m1/s1. The van der Waals surface area contributed by atoms with E-state index in [1.54, 1.807) is 30.3 Å². The molecule has 126 valence electrons. The van der Waals surface area contributed by atoms with Gasteiger partial charge in [0.1, 0.15) is 0 Å². The minimum atomic E-state index is -3.89. The number of methoxy groups -OCH3 is 1. The number of nitrogens with one attached hydrogen (secondary N) is 1. The number of halogens is 1. The lowest BCUT2D eigenvalue weighted by atomic mass is 10.0. The SMILES string of the molecule is C=C(C(=O)OC)[C@@H](NS(=O)(=O)c1ccc(Cl)cc1)c1ccccc1. The molecule has 1 atom stereocenters. The molecule has 2 aromatic carbocycles. The van der Waals surface area contributed by atoms with Gasteiger partial charge in [0.05, 0.1) is 23.6 Å². The van der Waals surface area contributed by atoms with Crippen LogP contribution in [0.2, 0.25) is 5.02 Å². The lowest BCUT2D eigenvalue weighted by Gasteiger charge is -2.20. The van der Waals surface area contributed by atoms with Gasteiger partial charge in [-0.3, -0.25) is 0 Å². The smallest absolute Gasteiger partial charge is 0.335 e. The van der Waals surface area contributed by atoms with Gasteiger partial charge in [0.2, 0.25) is 10.0 Å². The zero-order valence-electron chi connectivity index (χ0n) is 12.9. The second kappa shape index (κ2) is 7.61. The van der Waals surface area contributed by atoms with E-state index in [1.165, 1.54) is 31.4 Å². The summed E-state index contributed by atoms with van der Waals surface area (Å²) in [4.78, 5) is 11.9. The molecule has 0 aliphatic heterocycles. The van der Waals surface area contributed by atoms with Gasteiger partial charge in [-0.15, -0.1) is 0 Å². The summed E-state index contributed by atoms with van der Waals surface area (Å²) in [5.41, 5.74) is 0.562. The van der Waals surface area contributed by atoms with E-state index in [9.17, 15) is 13.2 Å². The highest BCUT2D eigenvalue weighted by molar-refractivity contribution is 7.89. The zero-order chi connectivity index (χ0) is 17.7. The van der Waals surface area contributed by atoms with Crippen LogP contribution >= 0.6 is 11.6 Å². The van der Waals surface area contributed by atoms with Crippen LogP contribution in [0.25, 0.3) is 0 Å². The molecular weight excluding hydrogens is 350 g/mol. The van der Waals surface area contributed by atoms with Gasteiger partial charge in [-0.1, -0.05) is 48.5 Å². The van der Waals surface area contributed by atoms with Gasteiger partial charge in [-0.2, -0.15) is 4.72 Å². The lowest BCUT2D eigenvalue weighted by Crippen LogP contribution is -2.32. The summed E-state index contributed by atoms with van der Waals surface area (Å²) in [7, 11) is -2.68. The maximum absolute atomic E-state index is 12.6. The predicted molar refractivity (Wildman–Crippen MR) is 92.1 cm³/mol. The highest BCUT2D eigenvalue weighted by Crippen LogP contribution is 2.24. The van der Waals surface area contributed by atoms with Crippen LogP contribution in [0.4, 0.5) is 0 Å². The summed E-state index contributed by atoms with van der Waals surface area (Å²) in [6.45, 7) is 3.67. The van der Waals surface area contributed by atoms with E-state index in [0.717, 1.165) is 0 Å². The summed E-state index contributed by atoms with van der Waals surface area (Å²) in [6, 6.07) is 13.4. The van der Waals surface area contributed by atoms with E-state index in [4.69, 9.17) is 11.6 Å². The Morgan fingerprint density at radius 2 is 1.71 bits per heavy atom. The molecule has 0 saturated heterocycles. The lowest BCUT2D eigenvalue weighted by molar-refractivity contribution is -0.136. The number of sulfonamides is 1. The molecule has 0 saturated carbocycles. The average molecular weight is 366 g/mol. The summed E-state index contributed by atoms with van der Waals surface area (Å²) >= 11 is 5.78. The Kier molecular flexibility index (Phi) is 5.77. The first-order valence-corrected chi connectivity index (χ1v) is 8.81.